The average Bonchev–Trinajstić information content (AvgIpc) is 3.16. The number of aryl methyl sites for hydroxylation is 1. The molecule has 29 heavy (non-hydrogen) atoms. The molecule has 1 aromatic heterocycles. The van der Waals surface area contributed by atoms with E-state index in [0.717, 1.165) is 43.9 Å². The van der Waals surface area contributed by atoms with Gasteiger partial charge in [-0.05, 0) is 49.1 Å². The van der Waals surface area contributed by atoms with Gasteiger partial charge in [-0.2, -0.15) is 0 Å². The van der Waals surface area contributed by atoms with Crippen molar-refractivity contribution in [2.75, 3.05) is 20.8 Å². The Morgan fingerprint density at radius 2 is 1.72 bits per heavy atom. The van der Waals surface area contributed by atoms with E-state index in [1.807, 2.05) is 23.5 Å². The zero-order valence-electron chi connectivity index (χ0n) is 17.3. The molecule has 2 aliphatic heterocycles. The highest BCUT2D eigenvalue weighted by Gasteiger charge is 2.35. The van der Waals surface area contributed by atoms with E-state index in [1.165, 1.54) is 32.7 Å². The summed E-state index contributed by atoms with van der Waals surface area (Å²) in [5, 5.41) is 0. The second-order valence-corrected chi connectivity index (χ2v) is 9.34. The Kier molecular flexibility index (Phi) is 4.84. The summed E-state index contributed by atoms with van der Waals surface area (Å²) < 4.78 is 11.4. The molecule has 0 saturated heterocycles. The standard InChI is InChI=1S/C25H27NO2S/c1-16-4-6-17(7-5-16)12-18-13-20-22-14-19-21(15-26(22)11-10-25(20)29-18)24(28-3)9-8-23(19)27-2/h4-9,13,22H,10-12,14-15H2,1-3H3. The topological polar surface area (TPSA) is 21.7 Å². The van der Waals surface area contributed by atoms with Gasteiger partial charge in [0.25, 0.3) is 0 Å². The minimum Gasteiger partial charge on any atom is -0.496 e. The van der Waals surface area contributed by atoms with Crippen molar-refractivity contribution in [1.29, 1.82) is 0 Å². The van der Waals surface area contributed by atoms with Crippen molar-refractivity contribution < 1.29 is 9.47 Å². The van der Waals surface area contributed by atoms with Crippen molar-refractivity contribution in [3.05, 3.63) is 80.0 Å². The lowest BCUT2D eigenvalue weighted by atomic mass is 9.86. The summed E-state index contributed by atoms with van der Waals surface area (Å²) >= 11 is 2.01. The first-order valence-electron chi connectivity index (χ1n) is 10.3. The van der Waals surface area contributed by atoms with Crippen molar-refractivity contribution in [2.24, 2.45) is 0 Å². The summed E-state index contributed by atoms with van der Waals surface area (Å²) in [6.07, 6.45) is 3.16. The Balaban J connectivity index is 1.47. The summed E-state index contributed by atoms with van der Waals surface area (Å²) in [4.78, 5) is 5.66. The van der Waals surface area contributed by atoms with Gasteiger partial charge >= 0.3 is 0 Å². The number of rotatable bonds is 4. The summed E-state index contributed by atoms with van der Waals surface area (Å²) in [6, 6.07) is 15.9. The van der Waals surface area contributed by atoms with Crippen LogP contribution >= 0.6 is 11.3 Å². The number of nitrogens with zero attached hydrogens (tertiary/aromatic N) is 1. The summed E-state index contributed by atoms with van der Waals surface area (Å²) in [7, 11) is 3.53. The molecular formula is C25H27NO2S. The van der Waals surface area contributed by atoms with E-state index in [2.05, 4.69) is 42.2 Å². The number of methoxy groups -OCH3 is 2. The third-order valence-corrected chi connectivity index (χ3v) is 7.57. The van der Waals surface area contributed by atoms with Gasteiger partial charge in [-0.25, -0.2) is 0 Å². The molecular weight excluding hydrogens is 378 g/mol. The van der Waals surface area contributed by atoms with Crippen molar-refractivity contribution >= 4 is 11.3 Å². The van der Waals surface area contributed by atoms with E-state index in [4.69, 9.17) is 9.47 Å². The number of thiophene rings is 1. The molecule has 0 aliphatic carbocycles. The van der Waals surface area contributed by atoms with Crippen LogP contribution in [0.4, 0.5) is 0 Å². The van der Waals surface area contributed by atoms with Gasteiger partial charge in [0.2, 0.25) is 0 Å². The number of fused-ring (bicyclic) bond motifs is 4. The third-order valence-electron chi connectivity index (χ3n) is 6.36. The first-order chi connectivity index (χ1) is 14.2. The fourth-order valence-electron chi connectivity index (χ4n) is 4.82. The van der Waals surface area contributed by atoms with Crippen molar-refractivity contribution in [2.45, 2.75) is 38.8 Å². The Morgan fingerprint density at radius 3 is 2.45 bits per heavy atom. The van der Waals surface area contributed by atoms with Crippen LogP contribution in [-0.2, 0) is 25.8 Å². The van der Waals surface area contributed by atoms with E-state index in [9.17, 15) is 0 Å². The van der Waals surface area contributed by atoms with Crippen LogP contribution < -0.4 is 9.47 Å². The summed E-state index contributed by atoms with van der Waals surface area (Å²) in [5.41, 5.74) is 6.85. The largest absolute Gasteiger partial charge is 0.496 e. The van der Waals surface area contributed by atoms with Crippen LogP contribution in [0.2, 0.25) is 0 Å². The molecule has 3 heterocycles. The smallest absolute Gasteiger partial charge is 0.123 e. The van der Waals surface area contributed by atoms with Crippen molar-refractivity contribution in [3.8, 4) is 11.5 Å². The number of hydrogen-bond donors (Lipinski definition) is 0. The summed E-state index contributed by atoms with van der Waals surface area (Å²) in [5.74, 6) is 1.97. The van der Waals surface area contributed by atoms with Gasteiger partial charge in [-0.1, -0.05) is 29.8 Å². The van der Waals surface area contributed by atoms with Gasteiger partial charge < -0.3 is 9.47 Å². The molecule has 0 spiro atoms. The average molecular weight is 406 g/mol. The molecule has 0 bridgehead atoms. The lowest BCUT2D eigenvalue weighted by molar-refractivity contribution is 0.158. The quantitative estimate of drug-likeness (QED) is 0.586. The molecule has 1 atom stereocenters. The van der Waals surface area contributed by atoms with Crippen LogP contribution in [0.25, 0.3) is 0 Å². The predicted molar refractivity (Wildman–Crippen MR) is 118 cm³/mol. The highest BCUT2D eigenvalue weighted by atomic mass is 32.1. The maximum atomic E-state index is 5.70. The molecule has 3 aromatic rings. The van der Waals surface area contributed by atoms with Crippen LogP contribution in [0.1, 0.15) is 43.6 Å². The molecule has 0 N–H and O–H groups in total. The zero-order valence-corrected chi connectivity index (χ0v) is 18.1. The van der Waals surface area contributed by atoms with E-state index in [0.29, 0.717) is 6.04 Å². The number of hydrogen-bond acceptors (Lipinski definition) is 4. The molecule has 0 radical (unpaired) electrons. The minimum atomic E-state index is 0.440. The fourth-order valence-corrected chi connectivity index (χ4v) is 6.07. The zero-order chi connectivity index (χ0) is 20.0. The van der Waals surface area contributed by atoms with Gasteiger partial charge in [0, 0.05) is 46.4 Å². The molecule has 2 aliphatic rings. The van der Waals surface area contributed by atoms with Crippen LogP contribution in [0.15, 0.2) is 42.5 Å². The van der Waals surface area contributed by atoms with E-state index >= 15 is 0 Å². The molecule has 0 amide bonds. The Bertz CT molecular complexity index is 1040. The minimum absolute atomic E-state index is 0.440. The molecule has 0 fully saturated rings. The maximum absolute atomic E-state index is 5.70. The Labute approximate surface area is 176 Å². The molecule has 1 unspecified atom stereocenters. The first-order valence-corrected chi connectivity index (χ1v) is 11.1. The van der Waals surface area contributed by atoms with E-state index in [-0.39, 0.29) is 0 Å². The third kappa shape index (κ3) is 3.34. The van der Waals surface area contributed by atoms with Gasteiger partial charge in [-0.3, -0.25) is 4.90 Å². The van der Waals surface area contributed by atoms with E-state index in [1.54, 1.807) is 19.1 Å². The van der Waals surface area contributed by atoms with Crippen LogP contribution in [0.5, 0.6) is 11.5 Å². The normalized spacial score (nSPS) is 18.0. The molecule has 150 valence electrons. The summed E-state index contributed by atoms with van der Waals surface area (Å²) in [6.45, 7) is 4.19. The fraction of sp³-hybridized carbons (Fsp3) is 0.360. The maximum Gasteiger partial charge on any atom is 0.123 e. The molecule has 3 nitrogen and oxygen atoms in total. The van der Waals surface area contributed by atoms with Crippen molar-refractivity contribution in [1.82, 2.24) is 4.90 Å². The van der Waals surface area contributed by atoms with Crippen molar-refractivity contribution in [3.63, 3.8) is 0 Å². The number of ether oxygens (including phenoxy) is 2. The number of benzene rings is 2. The lowest BCUT2D eigenvalue weighted by Gasteiger charge is -2.41. The monoisotopic (exact) mass is 405 g/mol. The predicted octanol–water partition coefficient (Wildman–Crippen LogP) is 5.32. The second kappa shape index (κ2) is 7.51. The molecule has 5 rings (SSSR count). The van der Waals surface area contributed by atoms with Gasteiger partial charge in [0.1, 0.15) is 11.5 Å². The van der Waals surface area contributed by atoms with Gasteiger partial charge in [-0.15, -0.1) is 11.3 Å². The van der Waals surface area contributed by atoms with Crippen LogP contribution in [0.3, 0.4) is 0 Å². The molecule has 4 heteroatoms. The highest BCUT2D eigenvalue weighted by molar-refractivity contribution is 7.12. The highest BCUT2D eigenvalue weighted by Crippen LogP contribution is 2.45. The SMILES string of the molecule is COc1ccc(OC)c2c1CC1c3cc(Cc4ccc(C)cc4)sc3CCN1C2. The second-order valence-electron chi connectivity index (χ2n) is 8.12. The van der Waals surface area contributed by atoms with Crippen LogP contribution in [0, 0.1) is 6.92 Å². The van der Waals surface area contributed by atoms with Gasteiger partial charge in [0.05, 0.1) is 14.2 Å². The molecule has 2 aromatic carbocycles. The molecule has 0 saturated carbocycles. The Hall–Kier alpha value is -2.30. The van der Waals surface area contributed by atoms with E-state index < -0.39 is 0 Å². The lowest BCUT2D eigenvalue weighted by Crippen LogP contribution is -2.39. The van der Waals surface area contributed by atoms with Crippen LogP contribution in [-0.4, -0.2) is 25.7 Å². The Morgan fingerprint density at radius 1 is 1.00 bits per heavy atom. The first kappa shape index (κ1) is 18.7. The van der Waals surface area contributed by atoms with Gasteiger partial charge in [0.15, 0.2) is 0 Å².